The fourth-order valence-electron chi connectivity index (χ4n) is 5.20. The molecule has 0 atom stereocenters. The van der Waals surface area contributed by atoms with Gasteiger partial charge >= 0.3 is 0 Å². The third-order valence-electron chi connectivity index (χ3n) is 7.12. The first-order valence-electron chi connectivity index (χ1n) is 12.3. The average molecular weight is 423 g/mol. The summed E-state index contributed by atoms with van der Waals surface area (Å²) in [5.74, 6) is 1.00. The zero-order valence-electron chi connectivity index (χ0n) is 19.4. The second-order valence-corrected chi connectivity index (χ2v) is 9.30. The summed E-state index contributed by atoms with van der Waals surface area (Å²) >= 11 is 0. The number of hydrogen-bond acceptors (Lipinski definition) is 3. The molecule has 2 saturated heterocycles. The van der Waals surface area contributed by atoms with E-state index in [1.807, 2.05) is 16.5 Å². The molecule has 5 heteroatoms. The van der Waals surface area contributed by atoms with E-state index in [1.54, 1.807) is 6.20 Å². The average Bonchev–Trinajstić information content (AvgIpc) is 3.47. The summed E-state index contributed by atoms with van der Waals surface area (Å²) in [7, 11) is 1.97. The first-order valence-corrected chi connectivity index (χ1v) is 12.3. The first-order chi connectivity index (χ1) is 15.2. The van der Waals surface area contributed by atoms with Crippen molar-refractivity contribution in [1.29, 1.82) is 0 Å². The van der Waals surface area contributed by atoms with Gasteiger partial charge in [-0.05, 0) is 63.2 Å². The van der Waals surface area contributed by atoms with Crippen LogP contribution in [0.15, 0.2) is 30.5 Å². The molecule has 0 radical (unpaired) electrons. The number of carbonyl (C=O) groups excluding carboxylic acids is 1. The second-order valence-electron chi connectivity index (χ2n) is 9.30. The number of amides is 1. The van der Waals surface area contributed by atoms with Gasteiger partial charge in [-0.1, -0.05) is 44.4 Å². The van der Waals surface area contributed by atoms with Crippen LogP contribution >= 0.6 is 0 Å². The predicted octanol–water partition coefficient (Wildman–Crippen LogP) is 4.91. The molecule has 2 aromatic rings. The van der Waals surface area contributed by atoms with Crippen molar-refractivity contribution >= 4 is 5.91 Å². The van der Waals surface area contributed by atoms with Gasteiger partial charge in [-0.2, -0.15) is 0 Å². The van der Waals surface area contributed by atoms with Gasteiger partial charge in [-0.3, -0.25) is 4.79 Å². The van der Waals surface area contributed by atoms with Gasteiger partial charge in [0.15, 0.2) is 0 Å². The van der Waals surface area contributed by atoms with Crippen molar-refractivity contribution in [1.82, 2.24) is 19.4 Å². The molecule has 0 spiro atoms. The van der Waals surface area contributed by atoms with Crippen LogP contribution in [0.25, 0.3) is 11.4 Å². The molecular weight excluding hydrogens is 384 g/mol. The second kappa shape index (κ2) is 10.4. The smallest absolute Gasteiger partial charge is 0.272 e. The van der Waals surface area contributed by atoms with Crippen LogP contribution in [0.1, 0.15) is 74.3 Å². The van der Waals surface area contributed by atoms with Gasteiger partial charge in [0.25, 0.3) is 5.91 Å². The number of nitrogens with zero attached hydrogens (tertiary/aromatic N) is 4. The molecule has 0 saturated carbocycles. The van der Waals surface area contributed by atoms with Gasteiger partial charge in [0, 0.05) is 31.7 Å². The minimum absolute atomic E-state index is 0.122. The molecule has 0 aliphatic carbocycles. The number of piperidine rings is 1. The van der Waals surface area contributed by atoms with Gasteiger partial charge in [-0.25, -0.2) is 4.98 Å². The maximum Gasteiger partial charge on any atom is 0.272 e. The van der Waals surface area contributed by atoms with E-state index in [4.69, 9.17) is 0 Å². The van der Waals surface area contributed by atoms with Gasteiger partial charge in [0.2, 0.25) is 0 Å². The molecular formula is C26H38N4O. The molecule has 2 aliphatic heterocycles. The van der Waals surface area contributed by atoms with E-state index in [2.05, 4.69) is 41.1 Å². The monoisotopic (exact) mass is 422 g/mol. The Kier molecular flexibility index (Phi) is 7.44. The van der Waals surface area contributed by atoms with Crippen LogP contribution in [0.5, 0.6) is 0 Å². The standard InChI is InChI=1S/C26H38N4O/c1-3-4-5-6-10-21-11-9-12-22(19-21)25-27-20-24(28(25)2)26(31)30-17-13-23(14-18-30)29-15-7-8-16-29/h9,11-12,19-20,23H,3-8,10,13-18H2,1-2H3. The minimum atomic E-state index is 0.122. The minimum Gasteiger partial charge on any atom is -0.337 e. The third-order valence-corrected chi connectivity index (χ3v) is 7.12. The Labute approximate surface area is 187 Å². The number of hydrogen-bond donors (Lipinski definition) is 0. The van der Waals surface area contributed by atoms with E-state index in [0.29, 0.717) is 11.7 Å². The quantitative estimate of drug-likeness (QED) is 0.568. The Morgan fingerprint density at radius 3 is 2.58 bits per heavy atom. The summed E-state index contributed by atoms with van der Waals surface area (Å²) in [5, 5.41) is 0. The molecule has 4 rings (SSSR count). The third kappa shape index (κ3) is 5.20. The molecule has 0 bridgehead atoms. The lowest BCUT2D eigenvalue weighted by Gasteiger charge is -2.36. The van der Waals surface area contributed by atoms with Crippen LogP contribution in [0.3, 0.4) is 0 Å². The molecule has 0 unspecified atom stereocenters. The number of unbranched alkanes of at least 4 members (excludes halogenated alkanes) is 3. The summed E-state index contributed by atoms with van der Waals surface area (Å²) in [6.45, 7) is 6.43. The predicted molar refractivity (Wildman–Crippen MR) is 126 cm³/mol. The number of aryl methyl sites for hydroxylation is 1. The van der Waals surface area contributed by atoms with Crippen LogP contribution in [-0.2, 0) is 13.5 Å². The Balaban J connectivity index is 1.39. The summed E-state index contributed by atoms with van der Waals surface area (Å²) in [6.07, 6.45) is 12.8. The highest BCUT2D eigenvalue weighted by atomic mass is 16.2. The largest absolute Gasteiger partial charge is 0.337 e. The molecule has 1 aromatic heterocycles. The lowest BCUT2D eigenvalue weighted by molar-refractivity contribution is 0.0635. The highest BCUT2D eigenvalue weighted by Crippen LogP contribution is 2.24. The Bertz CT molecular complexity index is 860. The van der Waals surface area contributed by atoms with E-state index in [-0.39, 0.29) is 5.91 Å². The van der Waals surface area contributed by atoms with Crippen molar-refractivity contribution in [3.05, 3.63) is 41.7 Å². The number of rotatable bonds is 8. The molecule has 2 aliphatic rings. The highest BCUT2D eigenvalue weighted by Gasteiger charge is 2.29. The van der Waals surface area contributed by atoms with Gasteiger partial charge in [0.05, 0.1) is 6.20 Å². The van der Waals surface area contributed by atoms with Crippen molar-refractivity contribution < 1.29 is 4.79 Å². The van der Waals surface area contributed by atoms with Crippen LogP contribution in [0, 0.1) is 0 Å². The number of imidazole rings is 1. The Hall–Kier alpha value is -2.14. The van der Waals surface area contributed by atoms with Gasteiger partial charge in [-0.15, -0.1) is 0 Å². The van der Waals surface area contributed by atoms with Gasteiger partial charge in [0.1, 0.15) is 11.5 Å². The number of aromatic nitrogens is 2. The topological polar surface area (TPSA) is 41.4 Å². The van der Waals surface area contributed by atoms with Crippen LogP contribution < -0.4 is 0 Å². The number of likely N-dealkylation sites (tertiary alicyclic amines) is 2. The fourth-order valence-corrected chi connectivity index (χ4v) is 5.20. The first kappa shape index (κ1) is 22.1. The van der Waals surface area contributed by atoms with Crippen molar-refractivity contribution in [2.45, 2.75) is 70.8 Å². The summed E-state index contributed by atoms with van der Waals surface area (Å²) < 4.78 is 1.98. The maximum atomic E-state index is 13.2. The van der Waals surface area contributed by atoms with Crippen molar-refractivity contribution in [3.63, 3.8) is 0 Å². The SMILES string of the molecule is CCCCCCc1cccc(-c2ncc(C(=O)N3CCC(N4CCCC4)CC3)n2C)c1. The summed E-state index contributed by atoms with van der Waals surface area (Å²) in [4.78, 5) is 22.5. The fraction of sp³-hybridized carbons (Fsp3) is 0.615. The molecule has 31 heavy (non-hydrogen) atoms. The zero-order valence-corrected chi connectivity index (χ0v) is 19.4. The van der Waals surface area contributed by atoms with Crippen LogP contribution in [0.4, 0.5) is 0 Å². The number of carbonyl (C=O) groups is 1. The van der Waals surface area contributed by atoms with Crippen molar-refractivity contribution in [2.24, 2.45) is 7.05 Å². The van der Waals surface area contributed by atoms with E-state index in [1.165, 1.54) is 57.2 Å². The van der Waals surface area contributed by atoms with Gasteiger partial charge < -0.3 is 14.4 Å². The van der Waals surface area contributed by atoms with E-state index in [0.717, 1.165) is 43.7 Å². The normalized spacial score (nSPS) is 18.1. The van der Waals surface area contributed by atoms with Crippen LogP contribution in [0.2, 0.25) is 0 Å². The zero-order chi connectivity index (χ0) is 21.6. The molecule has 3 heterocycles. The molecule has 168 valence electrons. The molecule has 2 fully saturated rings. The molecule has 5 nitrogen and oxygen atoms in total. The van der Waals surface area contributed by atoms with Crippen molar-refractivity contribution in [3.8, 4) is 11.4 Å². The Morgan fingerprint density at radius 1 is 1.06 bits per heavy atom. The lowest BCUT2D eigenvalue weighted by atomic mass is 10.0. The molecule has 0 N–H and O–H groups in total. The van der Waals surface area contributed by atoms with Crippen LogP contribution in [-0.4, -0.2) is 57.5 Å². The maximum absolute atomic E-state index is 13.2. The van der Waals surface area contributed by atoms with E-state index < -0.39 is 0 Å². The van der Waals surface area contributed by atoms with E-state index in [9.17, 15) is 4.79 Å². The molecule has 1 amide bonds. The number of benzene rings is 1. The molecule has 1 aromatic carbocycles. The lowest BCUT2D eigenvalue weighted by Crippen LogP contribution is -2.46. The van der Waals surface area contributed by atoms with Crippen molar-refractivity contribution in [2.75, 3.05) is 26.2 Å². The summed E-state index contributed by atoms with van der Waals surface area (Å²) in [6, 6.07) is 9.32. The Morgan fingerprint density at radius 2 is 1.84 bits per heavy atom. The summed E-state index contributed by atoms with van der Waals surface area (Å²) in [5.41, 5.74) is 3.15. The highest BCUT2D eigenvalue weighted by molar-refractivity contribution is 5.93. The van der Waals surface area contributed by atoms with E-state index >= 15 is 0 Å².